The molecule has 1 heterocycles. The summed E-state index contributed by atoms with van der Waals surface area (Å²) in [5.41, 5.74) is 1.24. The lowest BCUT2D eigenvalue weighted by atomic mass is 9.74. The minimum atomic E-state index is 0.130. The number of hydrogen-bond acceptors (Lipinski definition) is 2. The molecule has 0 aromatic heterocycles. The van der Waals surface area contributed by atoms with Gasteiger partial charge in [-0.25, -0.2) is 0 Å². The first-order valence-electron chi connectivity index (χ1n) is 6.71. The van der Waals surface area contributed by atoms with Crippen molar-refractivity contribution >= 4 is 0 Å². The molecule has 2 unspecified atom stereocenters. The molecule has 1 aliphatic heterocycles. The molecule has 3 rings (SSSR count). The van der Waals surface area contributed by atoms with Crippen LogP contribution < -0.4 is 0 Å². The lowest BCUT2D eigenvalue weighted by Crippen LogP contribution is -2.33. The van der Waals surface area contributed by atoms with Gasteiger partial charge in [0.2, 0.25) is 0 Å². The highest BCUT2D eigenvalue weighted by Gasteiger charge is 2.40. The zero-order valence-electron chi connectivity index (χ0n) is 10.2. The molecule has 2 nitrogen and oxygen atoms in total. The summed E-state index contributed by atoms with van der Waals surface area (Å²) < 4.78 is 5.99. The van der Waals surface area contributed by atoms with Gasteiger partial charge in [-0.2, -0.15) is 0 Å². The molecule has 0 radical (unpaired) electrons. The van der Waals surface area contributed by atoms with Crippen molar-refractivity contribution < 1.29 is 9.84 Å². The third-order valence-electron chi connectivity index (χ3n) is 4.36. The SMILES string of the molecule is Oc1ccccc1C1CCCC2(CCCO2)C1. The van der Waals surface area contributed by atoms with E-state index in [1.807, 2.05) is 12.1 Å². The fourth-order valence-corrected chi connectivity index (χ4v) is 3.54. The van der Waals surface area contributed by atoms with E-state index in [-0.39, 0.29) is 5.60 Å². The van der Waals surface area contributed by atoms with Crippen molar-refractivity contribution in [2.75, 3.05) is 6.61 Å². The van der Waals surface area contributed by atoms with Gasteiger partial charge in [-0.15, -0.1) is 0 Å². The maximum atomic E-state index is 9.95. The Morgan fingerprint density at radius 1 is 1.18 bits per heavy atom. The predicted octanol–water partition coefficient (Wildman–Crippen LogP) is 3.60. The number of aromatic hydroxyl groups is 1. The Morgan fingerprint density at radius 2 is 2.00 bits per heavy atom. The van der Waals surface area contributed by atoms with E-state index in [1.54, 1.807) is 6.07 Å². The van der Waals surface area contributed by atoms with Crippen molar-refractivity contribution in [2.24, 2.45) is 0 Å². The third-order valence-corrected chi connectivity index (χ3v) is 4.36. The van der Waals surface area contributed by atoms with Crippen molar-refractivity contribution in [3.05, 3.63) is 29.8 Å². The van der Waals surface area contributed by atoms with E-state index in [4.69, 9.17) is 4.74 Å². The topological polar surface area (TPSA) is 29.5 Å². The fraction of sp³-hybridized carbons (Fsp3) is 0.600. The van der Waals surface area contributed by atoms with Crippen molar-refractivity contribution in [3.8, 4) is 5.75 Å². The first-order chi connectivity index (χ1) is 8.29. The minimum absolute atomic E-state index is 0.130. The van der Waals surface area contributed by atoms with Gasteiger partial charge in [0, 0.05) is 6.61 Å². The van der Waals surface area contributed by atoms with Gasteiger partial charge in [0.05, 0.1) is 5.60 Å². The Labute approximate surface area is 103 Å². The average Bonchev–Trinajstić information content (AvgIpc) is 2.78. The second-order valence-corrected chi connectivity index (χ2v) is 5.49. The highest BCUT2D eigenvalue weighted by Crippen LogP contribution is 2.46. The number of rotatable bonds is 1. The molecule has 1 N–H and O–H groups in total. The Hall–Kier alpha value is -1.02. The fourth-order valence-electron chi connectivity index (χ4n) is 3.54. The predicted molar refractivity (Wildman–Crippen MR) is 67.2 cm³/mol. The van der Waals surface area contributed by atoms with Crippen LogP contribution in [0.5, 0.6) is 5.75 Å². The van der Waals surface area contributed by atoms with E-state index < -0.39 is 0 Å². The van der Waals surface area contributed by atoms with Crippen LogP contribution in [0, 0.1) is 0 Å². The minimum Gasteiger partial charge on any atom is -0.508 e. The first kappa shape index (κ1) is 11.1. The quantitative estimate of drug-likeness (QED) is 0.801. The second kappa shape index (κ2) is 4.34. The molecule has 1 saturated heterocycles. The van der Waals surface area contributed by atoms with Crippen LogP contribution in [0.4, 0.5) is 0 Å². The molecule has 1 aromatic rings. The molecule has 1 aromatic carbocycles. The van der Waals surface area contributed by atoms with Crippen molar-refractivity contribution in [2.45, 2.75) is 50.0 Å². The van der Waals surface area contributed by atoms with Crippen molar-refractivity contribution in [1.82, 2.24) is 0 Å². The lowest BCUT2D eigenvalue weighted by Gasteiger charge is -2.37. The van der Waals surface area contributed by atoms with Crippen LogP contribution in [-0.2, 0) is 4.74 Å². The largest absolute Gasteiger partial charge is 0.508 e. The molecule has 1 aliphatic carbocycles. The summed E-state index contributed by atoms with van der Waals surface area (Å²) >= 11 is 0. The Morgan fingerprint density at radius 3 is 2.76 bits per heavy atom. The molecule has 17 heavy (non-hydrogen) atoms. The van der Waals surface area contributed by atoms with Gasteiger partial charge in [0.1, 0.15) is 5.75 Å². The van der Waals surface area contributed by atoms with Crippen LogP contribution in [0.2, 0.25) is 0 Å². The second-order valence-electron chi connectivity index (χ2n) is 5.49. The van der Waals surface area contributed by atoms with Crippen LogP contribution >= 0.6 is 0 Å². The zero-order valence-corrected chi connectivity index (χ0v) is 10.2. The average molecular weight is 232 g/mol. The van der Waals surface area contributed by atoms with Gasteiger partial charge in [0.25, 0.3) is 0 Å². The number of phenolic OH excluding ortho intramolecular Hbond substituents is 1. The molecule has 0 bridgehead atoms. The van der Waals surface area contributed by atoms with Gasteiger partial charge >= 0.3 is 0 Å². The Balaban J connectivity index is 1.82. The van der Waals surface area contributed by atoms with E-state index in [1.165, 1.54) is 32.1 Å². The molecule has 1 spiro atoms. The third kappa shape index (κ3) is 2.06. The summed E-state index contributed by atoms with van der Waals surface area (Å²) in [7, 11) is 0. The molecule has 0 amide bonds. The van der Waals surface area contributed by atoms with Gasteiger partial charge in [-0.05, 0) is 56.1 Å². The molecule has 1 saturated carbocycles. The van der Waals surface area contributed by atoms with E-state index in [0.717, 1.165) is 18.6 Å². The summed E-state index contributed by atoms with van der Waals surface area (Å²) in [6.07, 6.45) is 7.11. The highest BCUT2D eigenvalue weighted by molar-refractivity contribution is 5.35. The van der Waals surface area contributed by atoms with Gasteiger partial charge in [-0.1, -0.05) is 18.2 Å². The molecule has 2 atom stereocenters. The normalized spacial score (nSPS) is 33.1. The number of hydrogen-bond donors (Lipinski definition) is 1. The molecule has 2 aliphatic rings. The number of phenols is 1. The molecule has 2 fully saturated rings. The van der Waals surface area contributed by atoms with Crippen LogP contribution in [0.15, 0.2) is 24.3 Å². The molecular weight excluding hydrogens is 212 g/mol. The smallest absolute Gasteiger partial charge is 0.119 e. The molecular formula is C15H20O2. The Bertz CT molecular complexity index is 394. The number of ether oxygens (including phenoxy) is 1. The van der Waals surface area contributed by atoms with Crippen LogP contribution in [0.25, 0.3) is 0 Å². The summed E-state index contributed by atoms with van der Waals surface area (Å²) in [6, 6.07) is 7.77. The monoisotopic (exact) mass is 232 g/mol. The highest BCUT2D eigenvalue weighted by atomic mass is 16.5. The van der Waals surface area contributed by atoms with E-state index >= 15 is 0 Å². The van der Waals surface area contributed by atoms with E-state index in [9.17, 15) is 5.11 Å². The van der Waals surface area contributed by atoms with E-state index in [0.29, 0.717) is 11.7 Å². The van der Waals surface area contributed by atoms with Crippen LogP contribution in [-0.4, -0.2) is 17.3 Å². The van der Waals surface area contributed by atoms with Crippen molar-refractivity contribution in [3.63, 3.8) is 0 Å². The van der Waals surface area contributed by atoms with Crippen LogP contribution in [0.1, 0.15) is 50.0 Å². The summed E-state index contributed by atoms with van der Waals surface area (Å²) in [5.74, 6) is 0.926. The van der Waals surface area contributed by atoms with Gasteiger partial charge < -0.3 is 9.84 Å². The maximum Gasteiger partial charge on any atom is 0.119 e. The Kier molecular flexibility index (Phi) is 2.83. The maximum absolute atomic E-state index is 9.95. The van der Waals surface area contributed by atoms with Gasteiger partial charge in [0.15, 0.2) is 0 Å². The standard InChI is InChI=1S/C15H20O2/c16-14-7-2-1-6-13(14)12-5-3-8-15(11-12)9-4-10-17-15/h1-2,6-7,12,16H,3-5,8-11H2. The first-order valence-corrected chi connectivity index (χ1v) is 6.71. The summed E-state index contributed by atoms with van der Waals surface area (Å²) in [5, 5.41) is 9.95. The lowest BCUT2D eigenvalue weighted by molar-refractivity contribution is -0.0305. The van der Waals surface area contributed by atoms with Crippen LogP contribution in [0.3, 0.4) is 0 Å². The molecule has 2 heteroatoms. The number of para-hydroxylation sites is 1. The summed E-state index contributed by atoms with van der Waals surface area (Å²) in [6.45, 7) is 0.924. The van der Waals surface area contributed by atoms with E-state index in [2.05, 4.69) is 6.07 Å². The van der Waals surface area contributed by atoms with Gasteiger partial charge in [-0.3, -0.25) is 0 Å². The molecule has 92 valence electrons. The number of benzene rings is 1. The zero-order chi connectivity index (χ0) is 11.7. The van der Waals surface area contributed by atoms with Crippen molar-refractivity contribution in [1.29, 1.82) is 0 Å². The summed E-state index contributed by atoms with van der Waals surface area (Å²) in [4.78, 5) is 0.